The van der Waals surface area contributed by atoms with Gasteiger partial charge in [0.1, 0.15) is 0 Å². The van der Waals surface area contributed by atoms with Crippen LogP contribution < -0.4 is 5.32 Å². The summed E-state index contributed by atoms with van der Waals surface area (Å²) >= 11 is 1.87. The van der Waals surface area contributed by atoms with Gasteiger partial charge in [0.2, 0.25) is 0 Å². The molecule has 84 valence electrons. The van der Waals surface area contributed by atoms with Gasteiger partial charge in [-0.15, -0.1) is 11.3 Å². The molecule has 1 N–H and O–H groups in total. The number of aryl methyl sites for hydroxylation is 1. The summed E-state index contributed by atoms with van der Waals surface area (Å²) in [6.45, 7) is 6.80. The summed E-state index contributed by atoms with van der Waals surface area (Å²) in [4.78, 5) is 1.50. The Morgan fingerprint density at radius 1 is 1.47 bits per heavy atom. The van der Waals surface area contributed by atoms with Crippen LogP contribution in [-0.2, 0) is 6.54 Å². The van der Waals surface area contributed by atoms with E-state index in [4.69, 9.17) is 0 Å². The third-order valence-corrected chi connectivity index (χ3v) is 4.94. The molecule has 2 heteroatoms. The van der Waals surface area contributed by atoms with E-state index in [0.717, 1.165) is 6.54 Å². The SMILES string of the molecule is CCC1(CNCc2sccc2C)CCC1. The zero-order chi connectivity index (χ0) is 10.7. The molecule has 1 aromatic heterocycles. The standard InChI is InChI=1S/C13H21NS/c1-3-13(6-4-7-13)10-14-9-12-11(2)5-8-15-12/h5,8,14H,3-4,6-7,9-10H2,1-2H3. The van der Waals surface area contributed by atoms with Crippen LogP contribution in [-0.4, -0.2) is 6.54 Å². The third kappa shape index (κ3) is 2.43. The van der Waals surface area contributed by atoms with Crippen LogP contribution in [0.2, 0.25) is 0 Å². The summed E-state index contributed by atoms with van der Waals surface area (Å²) < 4.78 is 0. The lowest BCUT2D eigenvalue weighted by molar-refractivity contribution is 0.124. The van der Waals surface area contributed by atoms with Crippen LogP contribution >= 0.6 is 11.3 Å². The zero-order valence-corrected chi connectivity index (χ0v) is 10.6. The van der Waals surface area contributed by atoms with Crippen molar-refractivity contribution in [2.75, 3.05) is 6.54 Å². The Balaban J connectivity index is 1.77. The first-order valence-corrected chi connectivity index (χ1v) is 6.87. The molecule has 1 aromatic rings. The first kappa shape index (κ1) is 11.2. The molecular weight excluding hydrogens is 202 g/mol. The minimum Gasteiger partial charge on any atom is -0.311 e. The Hall–Kier alpha value is -0.340. The highest BCUT2D eigenvalue weighted by atomic mass is 32.1. The molecular formula is C13H21NS. The van der Waals surface area contributed by atoms with Crippen molar-refractivity contribution in [3.63, 3.8) is 0 Å². The molecule has 0 saturated heterocycles. The molecule has 0 spiro atoms. The van der Waals surface area contributed by atoms with Crippen molar-refractivity contribution in [1.29, 1.82) is 0 Å². The molecule has 1 aliphatic carbocycles. The van der Waals surface area contributed by atoms with Crippen LogP contribution in [0.4, 0.5) is 0 Å². The van der Waals surface area contributed by atoms with Crippen LogP contribution in [0.3, 0.4) is 0 Å². The van der Waals surface area contributed by atoms with Crippen molar-refractivity contribution in [3.8, 4) is 0 Å². The Bertz CT molecular complexity index is 307. The molecule has 15 heavy (non-hydrogen) atoms. The summed E-state index contributed by atoms with van der Waals surface area (Å²) in [6.07, 6.45) is 5.64. The van der Waals surface area contributed by atoms with E-state index < -0.39 is 0 Å². The Morgan fingerprint density at radius 2 is 2.27 bits per heavy atom. The van der Waals surface area contributed by atoms with Crippen molar-refractivity contribution >= 4 is 11.3 Å². The molecule has 0 atom stereocenters. The molecule has 1 heterocycles. The van der Waals surface area contributed by atoms with Gasteiger partial charge in [0.15, 0.2) is 0 Å². The fourth-order valence-electron chi connectivity index (χ4n) is 2.36. The lowest BCUT2D eigenvalue weighted by Gasteiger charge is -2.41. The van der Waals surface area contributed by atoms with Gasteiger partial charge in [-0.3, -0.25) is 0 Å². The van der Waals surface area contributed by atoms with Gasteiger partial charge in [-0.1, -0.05) is 13.3 Å². The second-order valence-electron chi connectivity index (χ2n) is 4.84. The van der Waals surface area contributed by atoms with Crippen molar-refractivity contribution in [2.24, 2.45) is 5.41 Å². The molecule has 1 nitrogen and oxygen atoms in total. The van der Waals surface area contributed by atoms with E-state index in [-0.39, 0.29) is 0 Å². The lowest BCUT2D eigenvalue weighted by atomic mass is 9.67. The van der Waals surface area contributed by atoms with Gasteiger partial charge in [-0.05, 0) is 48.6 Å². The summed E-state index contributed by atoms with van der Waals surface area (Å²) in [7, 11) is 0. The quantitative estimate of drug-likeness (QED) is 0.802. The van der Waals surface area contributed by atoms with E-state index in [0.29, 0.717) is 5.41 Å². The maximum atomic E-state index is 3.63. The highest BCUT2D eigenvalue weighted by Gasteiger charge is 2.34. The van der Waals surface area contributed by atoms with Crippen LogP contribution in [0.1, 0.15) is 43.0 Å². The molecule has 0 amide bonds. The van der Waals surface area contributed by atoms with Crippen molar-refractivity contribution < 1.29 is 0 Å². The summed E-state index contributed by atoms with van der Waals surface area (Å²) in [5, 5.41) is 5.82. The Labute approximate surface area is 96.9 Å². The average molecular weight is 223 g/mol. The van der Waals surface area contributed by atoms with Crippen LogP contribution in [0, 0.1) is 12.3 Å². The van der Waals surface area contributed by atoms with E-state index >= 15 is 0 Å². The predicted molar refractivity (Wildman–Crippen MR) is 67.3 cm³/mol. The maximum Gasteiger partial charge on any atom is 0.0302 e. The number of rotatable bonds is 5. The normalized spacial score (nSPS) is 18.8. The van der Waals surface area contributed by atoms with Crippen molar-refractivity contribution in [3.05, 3.63) is 21.9 Å². The first-order chi connectivity index (χ1) is 7.26. The third-order valence-electron chi connectivity index (χ3n) is 3.92. The lowest BCUT2D eigenvalue weighted by Crippen LogP contribution is -2.39. The van der Waals surface area contributed by atoms with Crippen LogP contribution in [0.15, 0.2) is 11.4 Å². The number of hydrogen-bond acceptors (Lipinski definition) is 2. The van der Waals surface area contributed by atoms with E-state index in [1.165, 1.54) is 42.7 Å². The second-order valence-corrected chi connectivity index (χ2v) is 5.84. The monoisotopic (exact) mass is 223 g/mol. The molecule has 1 aliphatic rings. The zero-order valence-electron chi connectivity index (χ0n) is 9.81. The van der Waals surface area contributed by atoms with Gasteiger partial charge in [0.05, 0.1) is 0 Å². The van der Waals surface area contributed by atoms with Gasteiger partial charge in [0.25, 0.3) is 0 Å². The number of nitrogens with one attached hydrogen (secondary N) is 1. The molecule has 0 bridgehead atoms. The smallest absolute Gasteiger partial charge is 0.0302 e. The minimum atomic E-state index is 0.644. The van der Waals surface area contributed by atoms with E-state index in [1.54, 1.807) is 0 Å². The summed E-state index contributed by atoms with van der Waals surface area (Å²) in [6, 6.07) is 2.21. The first-order valence-electron chi connectivity index (χ1n) is 5.99. The predicted octanol–water partition coefficient (Wildman–Crippen LogP) is 3.73. The van der Waals surface area contributed by atoms with E-state index in [1.807, 2.05) is 11.3 Å². The van der Waals surface area contributed by atoms with Gasteiger partial charge in [0, 0.05) is 18.0 Å². The van der Waals surface area contributed by atoms with Gasteiger partial charge < -0.3 is 5.32 Å². The number of hydrogen-bond donors (Lipinski definition) is 1. The Kier molecular flexibility index (Phi) is 3.47. The highest BCUT2D eigenvalue weighted by Crippen LogP contribution is 2.43. The molecule has 2 rings (SSSR count). The second kappa shape index (κ2) is 4.67. The fraction of sp³-hybridized carbons (Fsp3) is 0.692. The van der Waals surface area contributed by atoms with Gasteiger partial charge in [-0.2, -0.15) is 0 Å². The topological polar surface area (TPSA) is 12.0 Å². The largest absolute Gasteiger partial charge is 0.311 e. The maximum absolute atomic E-state index is 3.63. The highest BCUT2D eigenvalue weighted by molar-refractivity contribution is 7.10. The van der Waals surface area contributed by atoms with Crippen molar-refractivity contribution in [2.45, 2.75) is 46.1 Å². The van der Waals surface area contributed by atoms with Crippen molar-refractivity contribution in [1.82, 2.24) is 5.32 Å². The molecule has 1 fully saturated rings. The minimum absolute atomic E-state index is 0.644. The van der Waals surface area contributed by atoms with E-state index in [2.05, 4.69) is 30.6 Å². The fourth-order valence-corrected chi connectivity index (χ4v) is 3.23. The Morgan fingerprint density at radius 3 is 2.73 bits per heavy atom. The van der Waals surface area contributed by atoms with E-state index in [9.17, 15) is 0 Å². The molecule has 0 aliphatic heterocycles. The molecule has 0 unspecified atom stereocenters. The molecule has 1 saturated carbocycles. The van der Waals surface area contributed by atoms with Crippen LogP contribution in [0.5, 0.6) is 0 Å². The molecule has 0 aromatic carbocycles. The molecule has 0 radical (unpaired) electrons. The average Bonchev–Trinajstić information content (AvgIpc) is 2.57. The van der Waals surface area contributed by atoms with Gasteiger partial charge >= 0.3 is 0 Å². The number of thiophene rings is 1. The van der Waals surface area contributed by atoms with Crippen LogP contribution in [0.25, 0.3) is 0 Å². The summed E-state index contributed by atoms with van der Waals surface area (Å²) in [5.74, 6) is 0. The van der Waals surface area contributed by atoms with Gasteiger partial charge in [-0.25, -0.2) is 0 Å². The summed E-state index contributed by atoms with van der Waals surface area (Å²) in [5.41, 5.74) is 2.08.